The van der Waals surface area contributed by atoms with Crippen LogP contribution in [0.1, 0.15) is 46.8 Å². The molecular formula is C19H20Cl2N2O2. The molecule has 25 heavy (non-hydrogen) atoms. The van der Waals surface area contributed by atoms with Crippen LogP contribution in [0.25, 0.3) is 0 Å². The number of nitrogens with zero attached hydrogens (tertiary/aromatic N) is 1. The Morgan fingerprint density at radius 3 is 2.52 bits per heavy atom. The number of aryl methyl sites for hydroxylation is 1. The van der Waals surface area contributed by atoms with Crippen molar-refractivity contribution >= 4 is 35.3 Å². The molecule has 0 aliphatic rings. The molecule has 0 saturated heterocycles. The highest BCUT2D eigenvalue weighted by Gasteiger charge is 2.11. The molecular weight excluding hydrogens is 359 g/mol. The molecule has 0 unspecified atom stereocenters. The van der Waals surface area contributed by atoms with Crippen LogP contribution in [0, 0.1) is 6.92 Å². The van der Waals surface area contributed by atoms with E-state index in [0.717, 1.165) is 22.4 Å². The first kappa shape index (κ1) is 19.3. The molecule has 1 amide bonds. The fourth-order valence-electron chi connectivity index (χ4n) is 2.35. The first-order valence-corrected chi connectivity index (χ1v) is 8.56. The van der Waals surface area contributed by atoms with Gasteiger partial charge in [-0.2, -0.15) is 5.10 Å². The van der Waals surface area contributed by atoms with Gasteiger partial charge in [0, 0.05) is 5.56 Å². The Labute approximate surface area is 157 Å². The van der Waals surface area contributed by atoms with Crippen molar-refractivity contribution in [2.45, 2.75) is 26.7 Å². The van der Waals surface area contributed by atoms with Gasteiger partial charge >= 0.3 is 0 Å². The van der Waals surface area contributed by atoms with Crippen LogP contribution in [0.4, 0.5) is 0 Å². The average molecular weight is 379 g/mol. The summed E-state index contributed by atoms with van der Waals surface area (Å²) < 4.78 is 5.43. The molecule has 2 rings (SSSR count). The number of amides is 1. The predicted octanol–water partition coefficient (Wildman–Crippen LogP) is 5.20. The number of hydrogen-bond acceptors (Lipinski definition) is 3. The van der Waals surface area contributed by atoms with Crippen molar-refractivity contribution in [2.75, 3.05) is 7.11 Å². The molecule has 0 bridgehead atoms. The normalized spacial score (nSPS) is 11.2. The standard InChI is InChI=1S/C19H20Cl2N2O2/c1-11(2)15-8-14(12(3)7-18(15)25-4)10-22-23-19(24)13-5-6-16(20)17(21)9-13/h5-11H,1-4H3,(H,23,24)/b22-10-. The van der Waals surface area contributed by atoms with Crippen LogP contribution in [-0.2, 0) is 0 Å². The molecule has 2 aromatic rings. The van der Waals surface area contributed by atoms with Crippen molar-refractivity contribution in [3.63, 3.8) is 0 Å². The summed E-state index contributed by atoms with van der Waals surface area (Å²) in [5, 5.41) is 4.77. The maximum absolute atomic E-state index is 12.1. The van der Waals surface area contributed by atoms with Crippen LogP contribution in [0.2, 0.25) is 10.0 Å². The third-order valence-corrected chi connectivity index (χ3v) is 4.53. The van der Waals surface area contributed by atoms with Crippen molar-refractivity contribution in [2.24, 2.45) is 5.10 Å². The number of benzene rings is 2. The summed E-state index contributed by atoms with van der Waals surface area (Å²) in [6.07, 6.45) is 1.62. The summed E-state index contributed by atoms with van der Waals surface area (Å²) in [5.41, 5.74) is 5.90. The summed E-state index contributed by atoms with van der Waals surface area (Å²) in [6.45, 7) is 6.16. The van der Waals surface area contributed by atoms with E-state index < -0.39 is 0 Å². The molecule has 0 spiro atoms. The summed E-state index contributed by atoms with van der Waals surface area (Å²) in [6, 6.07) is 8.66. The lowest BCUT2D eigenvalue weighted by molar-refractivity contribution is 0.0955. The van der Waals surface area contributed by atoms with Gasteiger partial charge in [0.15, 0.2) is 0 Å². The van der Waals surface area contributed by atoms with E-state index >= 15 is 0 Å². The van der Waals surface area contributed by atoms with E-state index in [2.05, 4.69) is 24.4 Å². The lowest BCUT2D eigenvalue weighted by atomic mass is 9.97. The van der Waals surface area contributed by atoms with Crippen molar-refractivity contribution < 1.29 is 9.53 Å². The smallest absolute Gasteiger partial charge is 0.271 e. The minimum atomic E-state index is -0.356. The Morgan fingerprint density at radius 1 is 1.20 bits per heavy atom. The summed E-state index contributed by atoms with van der Waals surface area (Å²) in [5.74, 6) is 0.808. The predicted molar refractivity (Wildman–Crippen MR) is 103 cm³/mol. The zero-order valence-electron chi connectivity index (χ0n) is 14.6. The van der Waals surface area contributed by atoms with Gasteiger partial charge in [-0.05, 0) is 59.9 Å². The molecule has 0 aliphatic carbocycles. The Hall–Kier alpha value is -2.04. The zero-order valence-corrected chi connectivity index (χ0v) is 16.1. The molecule has 0 fully saturated rings. The van der Waals surface area contributed by atoms with Gasteiger partial charge in [-0.1, -0.05) is 37.0 Å². The van der Waals surface area contributed by atoms with Crippen LogP contribution in [-0.4, -0.2) is 19.2 Å². The van der Waals surface area contributed by atoms with E-state index in [0.29, 0.717) is 21.5 Å². The third-order valence-electron chi connectivity index (χ3n) is 3.79. The topological polar surface area (TPSA) is 50.7 Å². The number of ether oxygens (including phenoxy) is 1. The molecule has 0 heterocycles. The van der Waals surface area contributed by atoms with E-state index in [1.165, 1.54) is 6.07 Å². The first-order valence-electron chi connectivity index (χ1n) is 7.80. The highest BCUT2D eigenvalue weighted by molar-refractivity contribution is 6.42. The fourth-order valence-corrected chi connectivity index (χ4v) is 2.64. The van der Waals surface area contributed by atoms with E-state index in [9.17, 15) is 4.79 Å². The van der Waals surface area contributed by atoms with Crippen molar-refractivity contribution in [3.05, 3.63) is 62.6 Å². The second-order valence-corrected chi connectivity index (χ2v) is 6.75. The molecule has 132 valence electrons. The van der Waals surface area contributed by atoms with Gasteiger partial charge in [0.1, 0.15) is 5.75 Å². The highest BCUT2D eigenvalue weighted by atomic mass is 35.5. The SMILES string of the molecule is COc1cc(C)c(/C=N\NC(=O)c2ccc(Cl)c(Cl)c2)cc1C(C)C. The molecule has 0 atom stereocenters. The third kappa shape index (κ3) is 4.74. The Bertz CT molecular complexity index is 817. The highest BCUT2D eigenvalue weighted by Crippen LogP contribution is 2.29. The molecule has 4 nitrogen and oxygen atoms in total. The zero-order chi connectivity index (χ0) is 18.6. The molecule has 0 radical (unpaired) electrons. The minimum absolute atomic E-state index is 0.313. The van der Waals surface area contributed by atoms with E-state index in [1.54, 1.807) is 25.5 Å². The largest absolute Gasteiger partial charge is 0.496 e. The molecule has 0 aromatic heterocycles. The van der Waals surface area contributed by atoms with Gasteiger partial charge in [-0.3, -0.25) is 4.79 Å². The summed E-state index contributed by atoms with van der Waals surface area (Å²) in [7, 11) is 1.66. The Balaban J connectivity index is 2.17. The number of nitrogens with one attached hydrogen (secondary N) is 1. The number of carbonyl (C=O) groups is 1. The maximum Gasteiger partial charge on any atom is 0.271 e. The number of methoxy groups -OCH3 is 1. The van der Waals surface area contributed by atoms with Crippen LogP contribution in [0.3, 0.4) is 0 Å². The van der Waals surface area contributed by atoms with Crippen molar-refractivity contribution in [1.29, 1.82) is 0 Å². The van der Waals surface area contributed by atoms with Gasteiger partial charge in [0.2, 0.25) is 0 Å². The van der Waals surface area contributed by atoms with E-state index in [-0.39, 0.29) is 5.91 Å². The van der Waals surface area contributed by atoms with Gasteiger partial charge in [-0.15, -0.1) is 0 Å². The van der Waals surface area contributed by atoms with Crippen LogP contribution < -0.4 is 10.2 Å². The summed E-state index contributed by atoms with van der Waals surface area (Å²) in [4.78, 5) is 12.1. The van der Waals surface area contributed by atoms with Gasteiger partial charge < -0.3 is 4.74 Å². The lowest BCUT2D eigenvalue weighted by Gasteiger charge is -2.14. The van der Waals surface area contributed by atoms with Crippen molar-refractivity contribution in [3.8, 4) is 5.75 Å². The molecule has 0 saturated carbocycles. The molecule has 1 N–H and O–H groups in total. The lowest BCUT2D eigenvalue weighted by Crippen LogP contribution is -2.17. The van der Waals surface area contributed by atoms with Crippen LogP contribution >= 0.6 is 23.2 Å². The number of carbonyl (C=O) groups excluding carboxylic acids is 1. The van der Waals surface area contributed by atoms with E-state index in [4.69, 9.17) is 27.9 Å². The molecule has 0 aliphatic heterocycles. The first-order chi connectivity index (χ1) is 11.8. The van der Waals surface area contributed by atoms with Gasteiger partial charge in [0.05, 0.1) is 23.4 Å². The Morgan fingerprint density at radius 2 is 1.92 bits per heavy atom. The van der Waals surface area contributed by atoms with E-state index in [1.807, 2.05) is 19.1 Å². The second kappa shape index (κ2) is 8.37. The van der Waals surface area contributed by atoms with Gasteiger partial charge in [-0.25, -0.2) is 5.43 Å². The van der Waals surface area contributed by atoms with Crippen LogP contribution in [0.15, 0.2) is 35.4 Å². The van der Waals surface area contributed by atoms with Gasteiger partial charge in [0.25, 0.3) is 5.91 Å². The van der Waals surface area contributed by atoms with Crippen LogP contribution in [0.5, 0.6) is 5.75 Å². The second-order valence-electron chi connectivity index (χ2n) is 5.93. The monoisotopic (exact) mass is 378 g/mol. The fraction of sp³-hybridized carbons (Fsp3) is 0.263. The summed E-state index contributed by atoms with van der Waals surface area (Å²) >= 11 is 11.8. The molecule has 2 aromatic carbocycles. The quantitative estimate of drug-likeness (QED) is 0.574. The maximum atomic E-state index is 12.1. The minimum Gasteiger partial charge on any atom is -0.496 e. The average Bonchev–Trinajstić information content (AvgIpc) is 2.57. The number of hydrogen-bond donors (Lipinski definition) is 1. The number of rotatable bonds is 5. The molecule has 6 heteroatoms. The van der Waals surface area contributed by atoms with Crippen molar-refractivity contribution in [1.82, 2.24) is 5.43 Å². The Kier molecular flexibility index (Phi) is 6.45. The number of hydrazone groups is 1. The number of halogens is 2.